The maximum Gasteiger partial charge on any atom is 0.247 e. The second-order valence-corrected chi connectivity index (χ2v) is 9.82. The van der Waals surface area contributed by atoms with E-state index in [1.807, 2.05) is 44.2 Å². The summed E-state index contributed by atoms with van der Waals surface area (Å²) in [7, 11) is -1.28. The van der Waals surface area contributed by atoms with Gasteiger partial charge < -0.3 is 15.7 Å². The van der Waals surface area contributed by atoms with Crippen LogP contribution in [0.3, 0.4) is 0 Å². The summed E-state index contributed by atoms with van der Waals surface area (Å²) >= 11 is 6.06. The molecule has 0 bridgehead atoms. The first-order chi connectivity index (χ1) is 14.6. The molecule has 166 valence electrons. The van der Waals surface area contributed by atoms with Crippen molar-refractivity contribution in [3.05, 3.63) is 53.1 Å². The number of nitrogens with one attached hydrogen (secondary N) is 2. The van der Waals surface area contributed by atoms with E-state index in [0.717, 1.165) is 16.3 Å². The van der Waals surface area contributed by atoms with Crippen molar-refractivity contribution in [2.75, 3.05) is 24.7 Å². The Bertz CT molecular complexity index is 1170. The Balaban J connectivity index is 1.96. The van der Waals surface area contributed by atoms with Crippen LogP contribution in [0, 0.1) is 0 Å². The van der Waals surface area contributed by atoms with Gasteiger partial charge in [0.2, 0.25) is 21.7 Å². The number of nitrogens with zero attached hydrogens (tertiary/aromatic N) is 3. The molecule has 0 amide bonds. The number of hydrogen-bond acceptors (Lipinski definition) is 8. The third kappa shape index (κ3) is 4.46. The van der Waals surface area contributed by atoms with Crippen LogP contribution >= 0.6 is 11.6 Å². The van der Waals surface area contributed by atoms with E-state index >= 15 is 0 Å². The molecule has 31 heavy (non-hydrogen) atoms. The number of aromatic nitrogens is 2. The Morgan fingerprint density at radius 1 is 1.13 bits per heavy atom. The van der Waals surface area contributed by atoms with Crippen molar-refractivity contribution in [2.45, 2.75) is 30.7 Å². The Hall–Kier alpha value is -2.82. The summed E-state index contributed by atoms with van der Waals surface area (Å²) in [4.78, 5) is -0.405. The van der Waals surface area contributed by atoms with E-state index in [4.69, 9.17) is 16.2 Å². The zero-order valence-electron chi connectivity index (χ0n) is 17.5. The van der Waals surface area contributed by atoms with Crippen LogP contribution in [-0.4, -0.2) is 42.2 Å². The quantitative estimate of drug-likeness (QED) is 0.424. The molecule has 1 atom stereocenters. The van der Waals surface area contributed by atoms with Crippen LogP contribution in [0.15, 0.2) is 52.0 Å². The molecule has 3 rings (SSSR count). The first-order valence-electron chi connectivity index (χ1n) is 9.47. The van der Waals surface area contributed by atoms with Crippen molar-refractivity contribution in [2.24, 2.45) is 0 Å². The highest BCUT2D eigenvalue weighted by atomic mass is 35.5. The number of anilines is 3. The van der Waals surface area contributed by atoms with E-state index in [9.17, 15) is 13.5 Å². The van der Waals surface area contributed by atoms with Gasteiger partial charge in [0.05, 0.1) is 16.2 Å². The number of halogens is 1. The molecule has 11 heteroatoms. The minimum absolute atomic E-state index is 0.0847. The van der Waals surface area contributed by atoms with Crippen LogP contribution in [0.2, 0.25) is 5.02 Å². The minimum atomic E-state index is -3.98. The van der Waals surface area contributed by atoms with Crippen LogP contribution < -0.4 is 10.6 Å². The second-order valence-electron chi connectivity index (χ2n) is 7.32. The summed E-state index contributed by atoms with van der Waals surface area (Å²) in [6.45, 7) is 4.05. The normalized spacial score (nSPS) is 13.7. The van der Waals surface area contributed by atoms with E-state index in [-0.39, 0.29) is 16.5 Å². The molecule has 3 aromatic rings. The molecule has 0 aliphatic carbocycles. The fourth-order valence-electron chi connectivity index (χ4n) is 2.99. The molecule has 0 aliphatic heterocycles. The van der Waals surface area contributed by atoms with Gasteiger partial charge in [-0.15, -0.1) is 0 Å². The number of phenols is 1. The number of benzene rings is 2. The summed E-state index contributed by atoms with van der Waals surface area (Å²) in [5.41, 5.74) is 0.652. The van der Waals surface area contributed by atoms with Gasteiger partial charge in [-0.3, -0.25) is 0 Å². The molecular weight excluding hydrogens is 442 g/mol. The lowest BCUT2D eigenvalue weighted by atomic mass is 9.89. The highest BCUT2D eigenvalue weighted by molar-refractivity contribution is 7.89. The molecule has 1 heterocycles. The summed E-state index contributed by atoms with van der Waals surface area (Å²) in [6, 6.07) is 12.7. The van der Waals surface area contributed by atoms with E-state index in [1.54, 1.807) is 0 Å². The third-order valence-corrected chi connectivity index (χ3v) is 7.39. The van der Waals surface area contributed by atoms with E-state index < -0.39 is 26.2 Å². The van der Waals surface area contributed by atoms with Gasteiger partial charge in [0, 0.05) is 14.1 Å². The fourth-order valence-corrected chi connectivity index (χ4v) is 4.47. The van der Waals surface area contributed by atoms with Gasteiger partial charge >= 0.3 is 0 Å². The average Bonchev–Trinajstić information content (AvgIpc) is 3.16. The maximum atomic E-state index is 12.6. The second kappa shape index (κ2) is 8.74. The molecule has 0 unspecified atom stereocenters. The number of hydrogen-bond donors (Lipinski definition) is 3. The molecule has 0 radical (unpaired) electrons. The third-order valence-electron chi connectivity index (χ3n) is 5.08. The van der Waals surface area contributed by atoms with Gasteiger partial charge in [0.25, 0.3) is 0 Å². The Kier molecular flexibility index (Phi) is 6.44. The molecule has 3 N–H and O–H groups in total. The summed E-state index contributed by atoms with van der Waals surface area (Å²) in [5.74, 6) is -0.0440. The monoisotopic (exact) mass is 465 g/mol. The van der Waals surface area contributed by atoms with Crippen molar-refractivity contribution < 1.29 is 18.2 Å². The Morgan fingerprint density at radius 3 is 2.39 bits per heavy atom. The minimum Gasteiger partial charge on any atom is -0.504 e. The highest BCUT2D eigenvalue weighted by Crippen LogP contribution is 2.40. The van der Waals surface area contributed by atoms with Crippen LogP contribution in [-0.2, 0) is 15.6 Å². The number of phenolic OH excluding ortho intramolecular Hbond substituents is 1. The molecular formula is C20H24ClN5O4S. The number of sulfonamides is 1. The molecule has 1 aromatic heterocycles. The van der Waals surface area contributed by atoms with E-state index in [2.05, 4.69) is 20.9 Å². The smallest absolute Gasteiger partial charge is 0.247 e. The van der Waals surface area contributed by atoms with Crippen molar-refractivity contribution in [3.8, 4) is 5.75 Å². The first-order valence-corrected chi connectivity index (χ1v) is 11.3. The number of aromatic hydroxyl groups is 1. The van der Waals surface area contributed by atoms with Gasteiger partial charge in [0.1, 0.15) is 4.90 Å². The summed E-state index contributed by atoms with van der Waals surface area (Å²) in [6.07, 6.45) is 0.737. The van der Waals surface area contributed by atoms with Gasteiger partial charge in [0.15, 0.2) is 5.75 Å². The van der Waals surface area contributed by atoms with Gasteiger partial charge in [-0.2, -0.15) is 0 Å². The molecule has 0 saturated heterocycles. The molecule has 9 nitrogen and oxygen atoms in total. The first kappa shape index (κ1) is 22.9. The molecule has 0 spiro atoms. The summed E-state index contributed by atoms with van der Waals surface area (Å²) < 4.78 is 31.0. The number of rotatable bonds is 8. The van der Waals surface area contributed by atoms with Crippen LogP contribution in [0.5, 0.6) is 5.75 Å². The van der Waals surface area contributed by atoms with Crippen molar-refractivity contribution >= 4 is 38.9 Å². The Labute approximate surface area is 186 Å². The topological polar surface area (TPSA) is 121 Å². The van der Waals surface area contributed by atoms with Crippen LogP contribution in [0.4, 0.5) is 17.3 Å². The fraction of sp³-hybridized carbons (Fsp3) is 0.300. The zero-order chi connectivity index (χ0) is 22.8. The van der Waals surface area contributed by atoms with Gasteiger partial charge in [-0.05, 0) is 41.4 Å². The average molecular weight is 466 g/mol. The van der Waals surface area contributed by atoms with Crippen molar-refractivity contribution in [1.29, 1.82) is 0 Å². The zero-order valence-corrected chi connectivity index (χ0v) is 19.1. The van der Waals surface area contributed by atoms with Crippen LogP contribution in [0.1, 0.15) is 25.8 Å². The van der Waals surface area contributed by atoms with Crippen molar-refractivity contribution in [3.63, 3.8) is 0 Å². The summed E-state index contributed by atoms with van der Waals surface area (Å²) in [5, 5.41) is 24.5. The Morgan fingerprint density at radius 2 is 1.77 bits per heavy atom. The lowest BCUT2D eigenvalue weighted by Gasteiger charge is -2.30. The van der Waals surface area contributed by atoms with Gasteiger partial charge in [-0.25, -0.2) is 17.4 Å². The molecule has 2 aromatic carbocycles. The van der Waals surface area contributed by atoms with Crippen LogP contribution in [0.25, 0.3) is 0 Å². The highest BCUT2D eigenvalue weighted by Gasteiger charge is 2.29. The largest absolute Gasteiger partial charge is 0.504 e. The lowest BCUT2D eigenvalue weighted by Crippen LogP contribution is -2.31. The molecule has 0 fully saturated rings. The predicted octanol–water partition coefficient (Wildman–Crippen LogP) is 4.16. The maximum absolute atomic E-state index is 12.6. The predicted molar refractivity (Wildman–Crippen MR) is 119 cm³/mol. The lowest BCUT2D eigenvalue weighted by molar-refractivity contribution is 0.309. The SMILES string of the molecule is CC[C@](C)(Nc1nonc1Nc1ccc(Cl)c(S(=O)(=O)N(C)C)c1O)c1ccccc1. The molecule has 0 aliphatic rings. The van der Waals surface area contributed by atoms with Gasteiger partial charge in [-0.1, -0.05) is 48.9 Å². The van der Waals surface area contributed by atoms with Crippen molar-refractivity contribution in [1.82, 2.24) is 14.6 Å². The van der Waals surface area contributed by atoms with E-state index in [0.29, 0.717) is 5.82 Å². The standard InChI is InChI=1S/C20H24ClN5O4S/c1-5-20(2,13-9-7-6-8-10-13)23-19-18(24-30-25-19)22-15-12-11-14(21)17(16(15)27)31(28,29)26(3)4/h6-12,27H,5H2,1-4H3,(H,22,24)(H,23,25)/t20-/m0/s1. The van der Waals surface area contributed by atoms with E-state index in [1.165, 1.54) is 26.2 Å². The molecule has 0 saturated carbocycles.